The molecule has 1 saturated heterocycles. The molecule has 0 radical (unpaired) electrons. The average molecular weight is 349 g/mol. The summed E-state index contributed by atoms with van der Waals surface area (Å²) >= 11 is 5.91. The van der Waals surface area contributed by atoms with Gasteiger partial charge in [-0.2, -0.15) is 0 Å². The molecule has 6 nitrogen and oxygen atoms in total. The Hall–Kier alpha value is -2.08. The number of amides is 1. The second-order valence-corrected chi connectivity index (χ2v) is 6.87. The number of aromatic amines is 1. The van der Waals surface area contributed by atoms with Crippen molar-refractivity contribution in [3.05, 3.63) is 51.4 Å². The zero-order valence-electron chi connectivity index (χ0n) is 13.8. The Kier molecular flexibility index (Phi) is 4.76. The van der Waals surface area contributed by atoms with Crippen LogP contribution in [0.4, 0.5) is 0 Å². The minimum atomic E-state index is -0.407. The Morgan fingerprint density at radius 3 is 3.00 bits per heavy atom. The zero-order valence-corrected chi connectivity index (χ0v) is 14.6. The van der Waals surface area contributed by atoms with Gasteiger partial charge in [0.05, 0.1) is 5.02 Å². The minimum Gasteiger partial charge on any atom is -0.338 e. The molecule has 2 aromatic heterocycles. The van der Waals surface area contributed by atoms with Crippen molar-refractivity contribution in [3.63, 3.8) is 0 Å². The molecule has 1 aliphatic heterocycles. The molecule has 1 aliphatic rings. The summed E-state index contributed by atoms with van der Waals surface area (Å²) in [5.74, 6) is 0.909. The molecule has 1 fully saturated rings. The number of nitrogens with zero attached hydrogens (tertiary/aromatic N) is 3. The Bertz CT molecular complexity index is 796. The molecule has 3 rings (SSSR count). The first-order valence-electron chi connectivity index (χ1n) is 8.17. The highest BCUT2D eigenvalue weighted by atomic mass is 35.5. The average Bonchev–Trinajstić information content (AvgIpc) is 3.06. The van der Waals surface area contributed by atoms with E-state index in [1.807, 2.05) is 6.20 Å². The summed E-state index contributed by atoms with van der Waals surface area (Å²) in [6.07, 6.45) is 7.04. The van der Waals surface area contributed by atoms with Crippen LogP contribution < -0.4 is 5.56 Å². The van der Waals surface area contributed by atoms with E-state index in [-0.39, 0.29) is 17.4 Å². The summed E-state index contributed by atoms with van der Waals surface area (Å²) in [5.41, 5.74) is -0.314. The Labute approximate surface area is 145 Å². The molecule has 7 heteroatoms. The van der Waals surface area contributed by atoms with Crippen molar-refractivity contribution < 1.29 is 4.79 Å². The largest absolute Gasteiger partial charge is 0.338 e. The molecule has 0 aliphatic carbocycles. The van der Waals surface area contributed by atoms with Crippen LogP contribution >= 0.6 is 11.6 Å². The van der Waals surface area contributed by atoms with Crippen LogP contribution in [0.5, 0.6) is 0 Å². The lowest BCUT2D eigenvalue weighted by Crippen LogP contribution is -2.41. The summed E-state index contributed by atoms with van der Waals surface area (Å²) in [6, 6.07) is 1.76. The standard InChI is InChI=1S/C17H21ClN4O2/c1-11(2)22-7-5-19-15(22)12-4-3-6-21(10-12)17(24)14-8-13(18)9-20-16(14)23/h5,7-9,11-12H,3-4,6,10H2,1-2H3,(H,20,23)/t12-/m0/s1. The number of rotatable bonds is 3. The van der Waals surface area contributed by atoms with Gasteiger partial charge in [0.25, 0.3) is 11.5 Å². The van der Waals surface area contributed by atoms with Crippen LogP contribution in [-0.2, 0) is 0 Å². The maximum absolute atomic E-state index is 12.7. The summed E-state index contributed by atoms with van der Waals surface area (Å²) < 4.78 is 2.14. The van der Waals surface area contributed by atoms with Gasteiger partial charge in [0.15, 0.2) is 0 Å². The fourth-order valence-corrected chi connectivity index (χ4v) is 3.40. The van der Waals surface area contributed by atoms with Crippen molar-refractivity contribution >= 4 is 17.5 Å². The van der Waals surface area contributed by atoms with E-state index in [2.05, 4.69) is 28.4 Å². The van der Waals surface area contributed by atoms with E-state index >= 15 is 0 Å². The highest BCUT2D eigenvalue weighted by Crippen LogP contribution is 2.28. The third kappa shape index (κ3) is 3.24. The second kappa shape index (κ2) is 6.81. The first-order valence-corrected chi connectivity index (χ1v) is 8.55. The van der Waals surface area contributed by atoms with Crippen molar-refractivity contribution in [1.29, 1.82) is 0 Å². The van der Waals surface area contributed by atoms with Gasteiger partial charge in [0.1, 0.15) is 11.4 Å². The Morgan fingerprint density at radius 1 is 1.46 bits per heavy atom. The normalized spacial score (nSPS) is 18.2. The highest BCUT2D eigenvalue weighted by molar-refractivity contribution is 6.30. The number of pyridine rings is 1. The first kappa shape index (κ1) is 16.8. The number of imidazole rings is 1. The topological polar surface area (TPSA) is 71.0 Å². The number of piperidine rings is 1. The van der Waals surface area contributed by atoms with Gasteiger partial charge in [-0.3, -0.25) is 9.59 Å². The van der Waals surface area contributed by atoms with Crippen molar-refractivity contribution in [2.45, 2.75) is 38.6 Å². The van der Waals surface area contributed by atoms with Crippen LogP contribution in [0.3, 0.4) is 0 Å². The number of halogens is 1. The van der Waals surface area contributed by atoms with Crippen LogP contribution in [0, 0.1) is 0 Å². The molecule has 0 aromatic carbocycles. The number of likely N-dealkylation sites (tertiary alicyclic amines) is 1. The molecular formula is C17H21ClN4O2. The van der Waals surface area contributed by atoms with Gasteiger partial charge in [-0.1, -0.05) is 11.6 Å². The van der Waals surface area contributed by atoms with E-state index in [0.717, 1.165) is 18.7 Å². The van der Waals surface area contributed by atoms with Gasteiger partial charge in [0, 0.05) is 43.6 Å². The molecule has 128 valence electrons. The zero-order chi connectivity index (χ0) is 17.3. The lowest BCUT2D eigenvalue weighted by atomic mass is 9.96. The lowest BCUT2D eigenvalue weighted by Gasteiger charge is -2.33. The molecule has 0 bridgehead atoms. The molecule has 1 atom stereocenters. The van der Waals surface area contributed by atoms with Crippen LogP contribution in [0.2, 0.25) is 5.02 Å². The molecule has 3 heterocycles. The third-order valence-electron chi connectivity index (χ3n) is 4.43. The summed E-state index contributed by atoms with van der Waals surface area (Å²) in [7, 11) is 0. The van der Waals surface area contributed by atoms with Gasteiger partial charge in [-0.15, -0.1) is 0 Å². The molecule has 0 unspecified atom stereocenters. The molecule has 1 amide bonds. The molecule has 2 aromatic rings. The number of hydrogen-bond donors (Lipinski definition) is 1. The van der Waals surface area contributed by atoms with Crippen LogP contribution in [0.1, 0.15) is 54.8 Å². The fraction of sp³-hybridized carbons (Fsp3) is 0.471. The van der Waals surface area contributed by atoms with E-state index in [4.69, 9.17) is 11.6 Å². The molecule has 0 saturated carbocycles. The van der Waals surface area contributed by atoms with Gasteiger partial charge < -0.3 is 14.5 Å². The molecule has 1 N–H and O–H groups in total. The van der Waals surface area contributed by atoms with Gasteiger partial charge >= 0.3 is 0 Å². The van der Waals surface area contributed by atoms with E-state index in [1.54, 1.807) is 11.1 Å². The van der Waals surface area contributed by atoms with Gasteiger partial charge in [-0.25, -0.2) is 4.98 Å². The highest BCUT2D eigenvalue weighted by Gasteiger charge is 2.29. The molecular weight excluding hydrogens is 328 g/mol. The third-order valence-corrected chi connectivity index (χ3v) is 4.65. The number of H-pyrrole nitrogens is 1. The van der Waals surface area contributed by atoms with E-state index in [9.17, 15) is 9.59 Å². The van der Waals surface area contributed by atoms with E-state index in [0.29, 0.717) is 24.2 Å². The SMILES string of the molecule is CC(C)n1ccnc1[C@H]1CCCN(C(=O)c2cc(Cl)c[nH]c2=O)C1. The number of nitrogens with one attached hydrogen (secondary N) is 1. The Morgan fingerprint density at radius 2 is 2.25 bits per heavy atom. The van der Waals surface area contributed by atoms with Crippen molar-refractivity contribution in [2.75, 3.05) is 13.1 Å². The van der Waals surface area contributed by atoms with Gasteiger partial charge in [0.2, 0.25) is 0 Å². The number of carbonyl (C=O) groups excluding carboxylic acids is 1. The summed E-state index contributed by atoms with van der Waals surface area (Å²) in [4.78, 5) is 33.4. The van der Waals surface area contributed by atoms with E-state index in [1.165, 1.54) is 12.3 Å². The first-order chi connectivity index (χ1) is 11.5. The molecule has 24 heavy (non-hydrogen) atoms. The lowest BCUT2D eigenvalue weighted by molar-refractivity contribution is 0.0701. The second-order valence-electron chi connectivity index (χ2n) is 6.44. The monoisotopic (exact) mass is 348 g/mol. The number of carbonyl (C=O) groups is 1. The van der Waals surface area contributed by atoms with Crippen molar-refractivity contribution in [1.82, 2.24) is 19.4 Å². The van der Waals surface area contributed by atoms with Crippen molar-refractivity contribution in [3.8, 4) is 0 Å². The number of hydrogen-bond acceptors (Lipinski definition) is 3. The smallest absolute Gasteiger partial charge is 0.260 e. The minimum absolute atomic E-state index is 0.0929. The predicted octanol–water partition coefficient (Wildman–Crippen LogP) is 2.83. The van der Waals surface area contributed by atoms with Crippen LogP contribution in [0.15, 0.2) is 29.5 Å². The maximum atomic E-state index is 12.7. The number of aromatic nitrogens is 3. The fourth-order valence-electron chi connectivity index (χ4n) is 3.24. The van der Waals surface area contributed by atoms with Gasteiger partial charge in [-0.05, 0) is 32.8 Å². The van der Waals surface area contributed by atoms with Crippen LogP contribution in [0.25, 0.3) is 0 Å². The predicted molar refractivity (Wildman–Crippen MR) is 92.6 cm³/mol. The van der Waals surface area contributed by atoms with Crippen LogP contribution in [-0.4, -0.2) is 38.4 Å². The summed E-state index contributed by atoms with van der Waals surface area (Å²) in [5, 5.41) is 0.349. The van der Waals surface area contributed by atoms with E-state index < -0.39 is 5.56 Å². The Balaban J connectivity index is 1.83. The maximum Gasteiger partial charge on any atom is 0.260 e. The summed E-state index contributed by atoms with van der Waals surface area (Å²) in [6.45, 7) is 5.43. The molecule has 0 spiro atoms. The van der Waals surface area contributed by atoms with Crippen molar-refractivity contribution in [2.24, 2.45) is 0 Å². The quantitative estimate of drug-likeness (QED) is 0.927.